The zero-order valence-electron chi connectivity index (χ0n) is 7.00. The van der Waals surface area contributed by atoms with Crippen molar-refractivity contribution in [3.8, 4) is 0 Å². The topological polar surface area (TPSA) is 122 Å². The van der Waals surface area contributed by atoms with Gasteiger partial charge in [-0.2, -0.15) is 5.90 Å². The summed E-state index contributed by atoms with van der Waals surface area (Å²) in [4.78, 5) is 23.6. The molecule has 76 valence electrons. The lowest BCUT2D eigenvalue weighted by Crippen LogP contribution is -2.14. The fourth-order valence-corrected chi connectivity index (χ4v) is 1.10. The molecule has 8 heteroatoms. The minimum absolute atomic E-state index is 0.0411. The van der Waals surface area contributed by atoms with E-state index in [0.29, 0.717) is 0 Å². The maximum atomic E-state index is 10.4. The van der Waals surface area contributed by atoms with Crippen molar-refractivity contribution in [1.82, 2.24) is 0 Å². The van der Waals surface area contributed by atoms with E-state index in [9.17, 15) is 20.2 Å². The number of allylic oxidation sites excluding steroid dienone is 3. The summed E-state index contributed by atoms with van der Waals surface area (Å²) in [5.41, 5.74) is -0.664. The molecule has 0 amide bonds. The second kappa shape index (κ2) is 3.83. The monoisotopic (exact) mass is 201 g/mol. The Hall–Kier alpha value is -1.96. The van der Waals surface area contributed by atoms with Gasteiger partial charge in [0.05, 0.1) is 15.9 Å². The van der Waals surface area contributed by atoms with E-state index in [1.165, 1.54) is 0 Å². The highest BCUT2D eigenvalue weighted by Gasteiger charge is 2.28. The molecule has 14 heavy (non-hydrogen) atoms. The molecule has 0 heterocycles. The van der Waals surface area contributed by atoms with Crippen LogP contribution in [-0.2, 0) is 4.84 Å². The van der Waals surface area contributed by atoms with Crippen LogP contribution in [0.3, 0.4) is 0 Å². The molecule has 0 saturated heterocycles. The first-order valence-corrected chi connectivity index (χ1v) is 3.65. The molecule has 0 bridgehead atoms. The van der Waals surface area contributed by atoms with E-state index in [4.69, 9.17) is 5.90 Å². The lowest BCUT2D eigenvalue weighted by Gasteiger charge is -2.08. The lowest BCUT2D eigenvalue weighted by atomic mass is 10.1. The molecule has 1 aliphatic rings. The fraction of sp³-hybridized carbons (Fsp3) is 0.333. The van der Waals surface area contributed by atoms with Gasteiger partial charge in [0, 0.05) is 12.8 Å². The summed E-state index contributed by atoms with van der Waals surface area (Å²) in [6.45, 7) is 0. The van der Waals surface area contributed by atoms with E-state index in [1.807, 2.05) is 0 Å². The van der Waals surface area contributed by atoms with Crippen LogP contribution in [0, 0.1) is 20.2 Å². The second-order valence-electron chi connectivity index (χ2n) is 2.58. The quantitative estimate of drug-likeness (QED) is 0.518. The molecule has 2 N–H and O–H groups in total. The van der Waals surface area contributed by atoms with Gasteiger partial charge < -0.3 is 4.84 Å². The molecule has 0 aliphatic heterocycles. The average Bonchev–Trinajstić information content (AvgIpc) is 2.16. The maximum absolute atomic E-state index is 10.4. The van der Waals surface area contributed by atoms with Crippen molar-refractivity contribution in [3.05, 3.63) is 43.5 Å². The molecule has 0 aromatic heterocycles. The second-order valence-corrected chi connectivity index (χ2v) is 2.58. The van der Waals surface area contributed by atoms with Crippen LogP contribution >= 0.6 is 0 Å². The Balaban J connectivity index is 3.08. The number of nitro groups is 2. The normalized spacial score (nSPS) is 16.2. The van der Waals surface area contributed by atoms with Gasteiger partial charge in [0.2, 0.25) is 5.76 Å². The first-order valence-electron chi connectivity index (χ1n) is 3.65. The number of hydrogen-bond donors (Lipinski definition) is 1. The van der Waals surface area contributed by atoms with Crippen molar-refractivity contribution >= 4 is 0 Å². The Bertz CT molecular complexity index is 345. The summed E-state index contributed by atoms with van der Waals surface area (Å²) < 4.78 is 0. The molecule has 1 rings (SSSR count). The number of hydrogen-bond acceptors (Lipinski definition) is 6. The largest absolute Gasteiger partial charge is 0.409 e. The molecule has 0 unspecified atom stereocenters. The molecular formula is C6H7N3O5. The number of nitrogens with two attached hydrogens (primary N) is 1. The highest BCUT2D eigenvalue weighted by molar-refractivity contribution is 5.22. The maximum Gasteiger partial charge on any atom is 0.315 e. The van der Waals surface area contributed by atoms with Gasteiger partial charge in [0.25, 0.3) is 5.70 Å². The van der Waals surface area contributed by atoms with Crippen molar-refractivity contribution in [3.63, 3.8) is 0 Å². The Labute approximate surface area is 77.9 Å². The zero-order valence-corrected chi connectivity index (χ0v) is 7.00. The van der Waals surface area contributed by atoms with Crippen LogP contribution < -0.4 is 5.90 Å². The van der Waals surface area contributed by atoms with E-state index in [0.717, 1.165) is 6.08 Å². The molecule has 0 saturated carbocycles. The van der Waals surface area contributed by atoms with E-state index < -0.39 is 15.5 Å². The fourth-order valence-electron chi connectivity index (χ4n) is 1.10. The highest BCUT2D eigenvalue weighted by Crippen LogP contribution is 2.24. The first kappa shape index (κ1) is 10.1. The smallest absolute Gasteiger partial charge is 0.315 e. The van der Waals surface area contributed by atoms with Crippen LogP contribution in [0.5, 0.6) is 0 Å². The Morgan fingerprint density at radius 1 is 1.29 bits per heavy atom. The third-order valence-electron chi connectivity index (χ3n) is 1.77. The molecule has 0 fully saturated rings. The van der Waals surface area contributed by atoms with Crippen molar-refractivity contribution in [2.75, 3.05) is 0 Å². The Kier molecular flexibility index (Phi) is 2.77. The van der Waals surface area contributed by atoms with Crippen LogP contribution in [0.4, 0.5) is 0 Å². The molecule has 1 aliphatic carbocycles. The van der Waals surface area contributed by atoms with Crippen molar-refractivity contribution in [2.45, 2.75) is 12.8 Å². The molecule has 0 radical (unpaired) electrons. The molecule has 8 nitrogen and oxygen atoms in total. The minimum atomic E-state index is -0.759. The summed E-state index contributed by atoms with van der Waals surface area (Å²) in [6, 6.07) is 0. The van der Waals surface area contributed by atoms with Crippen LogP contribution in [0.15, 0.2) is 23.2 Å². The predicted octanol–water partition coefficient (Wildman–Crippen LogP) is 0.319. The zero-order chi connectivity index (χ0) is 10.7. The molecule has 0 atom stereocenters. The lowest BCUT2D eigenvalue weighted by molar-refractivity contribution is -0.440. The predicted molar refractivity (Wildman–Crippen MR) is 43.6 cm³/mol. The number of nitrogens with zero attached hydrogens (tertiary/aromatic N) is 2. The molecular weight excluding hydrogens is 194 g/mol. The van der Waals surface area contributed by atoms with Crippen LogP contribution in [0.2, 0.25) is 0 Å². The van der Waals surface area contributed by atoms with E-state index in [1.54, 1.807) is 0 Å². The van der Waals surface area contributed by atoms with Gasteiger partial charge in [-0.15, -0.1) is 0 Å². The highest BCUT2D eigenvalue weighted by atomic mass is 16.6. The summed E-state index contributed by atoms with van der Waals surface area (Å²) in [7, 11) is 0. The number of rotatable bonds is 3. The Morgan fingerprint density at radius 2 is 1.93 bits per heavy atom. The van der Waals surface area contributed by atoms with Crippen LogP contribution in [0.25, 0.3) is 0 Å². The third-order valence-corrected chi connectivity index (χ3v) is 1.77. The van der Waals surface area contributed by atoms with Crippen LogP contribution in [-0.4, -0.2) is 9.85 Å². The minimum Gasteiger partial charge on any atom is -0.409 e. The summed E-state index contributed by atoms with van der Waals surface area (Å²) in [5.74, 6) is 4.75. The summed E-state index contributed by atoms with van der Waals surface area (Å²) >= 11 is 0. The third kappa shape index (κ3) is 1.85. The van der Waals surface area contributed by atoms with Gasteiger partial charge >= 0.3 is 5.70 Å². The van der Waals surface area contributed by atoms with Gasteiger partial charge in [0.1, 0.15) is 0 Å². The van der Waals surface area contributed by atoms with Gasteiger partial charge in [-0.3, -0.25) is 20.2 Å². The standard InChI is InChI=1S/C6H7N3O5/c7-14-6-2-1-4(8(10)11)3-5(6)9(12)13/h3H,1-2,7H2. The van der Waals surface area contributed by atoms with Gasteiger partial charge in [-0.05, 0) is 0 Å². The molecule has 0 aromatic rings. The van der Waals surface area contributed by atoms with Gasteiger partial charge in [0.15, 0.2) is 0 Å². The van der Waals surface area contributed by atoms with Crippen LogP contribution in [0.1, 0.15) is 12.8 Å². The Morgan fingerprint density at radius 3 is 2.36 bits per heavy atom. The molecule has 0 spiro atoms. The first-order chi connectivity index (χ1) is 6.56. The summed E-state index contributed by atoms with van der Waals surface area (Å²) in [6.07, 6.45) is 1.02. The van der Waals surface area contributed by atoms with E-state index >= 15 is 0 Å². The summed E-state index contributed by atoms with van der Waals surface area (Å²) in [5, 5.41) is 20.8. The van der Waals surface area contributed by atoms with Crippen molar-refractivity contribution < 1.29 is 14.7 Å². The van der Waals surface area contributed by atoms with Crippen molar-refractivity contribution in [2.24, 2.45) is 5.90 Å². The van der Waals surface area contributed by atoms with E-state index in [-0.39, 0.29) is 24.3 Å². The van der Waals surface area contributed by atoms with E-state index in [2.05, 4.69) is 4.84 Å². The van der Waals surface area contributed by atoms with Gasteiger partial charge in [-0.25, -0.2) is 0 Å². The van der Waals surface area contributed by atoms with Crippen molar-refractivity contribution in [1.29, 1.82) is 0 Å². The molecule has 0 aromatic carbocycles. The van der Waals surface area contributed by atoms with Gasteiger partial charge in [-0.1, -0.05) is 0 Å². The average molecular weight is 201 g/mol. The SMILES string of the molecule is NOC1=C([N+](=O)[O-])C=C([N+](=O)[O-])CC1.